The minimum atomic E-state index is 0.492. The van der Waals surface area contributed by atoms with Gasteiger partial charge in [-0.1, -0.05) is 17.7 Å². The first-order chi connectivity index (χ1) is 8.77. The van der Waals surface area contributed by atoms with E-state index in [-0.39, 0.29) is 0 Å². The molecule has 0 aliphatic rings. The van der Waals surface area contributed by atoms with Crippen LogP contribution in [0.5, 0.6) is 5.75 Å². The largest absolute Gasteiger partial charge is 0.494 e. The summed E-state index contributed by atoms with van der Waals surface area (Å²) in [5.41, 5.74) is 3.67. The van der Waals surface area contributed by atoms with Crippen LogP contribution in [0, 0.1) is 0 Å². The van der Waals surface area contributed by atoms with Crippen LogP contribution in [-0.4, -0.2) is 24.1 Å². The number of ether oxygens (including phenoxy) is 1. The van der Waals surface area contributed by atoms with Gasteiger partial charge in [0, 0.05) is 19.4 Å². The van der Waals surface area contributed by atoms with Crippen LogP contribution in [-0.2, 0) is 0 Å². The van der Waals surface area contributed by atoms with E-state index < -0.39 is 0 Å². The molecule has 5 nitrogen and oxygen atoms in total. The third-order valence-electron chi connectivity index (χ3n) is 2.37. The highest BCUT2D eigenvalue weighted by Crippen LogP contribution is 2.36. The van der Waals surface area contributed by atoms with Crippen LogP contribution in [0.2, 0.25) is 5.02 Å². The molecule has 0 aliphatic carbocycles. The Kier molecular flexibility index (Phi) is 3.96. The van der Waals surface area contributed by atoms with Crippen molar-refractivity contribution in [2.75, 3.05) is 19.2 Å². The van der Waals surface area contributed by atoms with Crippen LogP contribution >= 0.6 is 11.6 Å². The molecule has 0 unspecified atom stereocenters. The van der Waals surface area contributed by atoms with Crippen LogP contribution in [0.4, 0.5) is 11.6 Å². The lowest BCUT2D eigenvalue weighted by molar-refractivity contribution is 0.414. The van der Waals surface area contributed by atoms with Crippen molar-refractivity contribution in [3.05, 3.63) is 41.7 Å². The minimum Gasteiger partial charge on any atom is -0.494 e. The van der Waals surface area contributed by atoms with Gasteiger partial charge in [0.25, 0.3) is 0 Å². The summed E-state index contributed by atoms with van der Waals surface area (Å²) in [5.74, 6) is 1.13. The smallest absolute Gasteiger partial charge is 0.244 e. The van der Waals surface area contributed by atoms with Crippen molar-refractivity contribution in [1.82, 2.24) is 15.4 Å². The minimum absolute atomic E-state index is 0.492. The number of rotatable bonds is 4. The van der Waals surface area contributed by atoms with Crippen LogP contribution in [0.3, 0.4) is 0 Å². The van der Waals surface area contributed by atoms with Crippen molar-refractivity contribution >= 4 is 23.2 Å². The fourth-order valence-corrected chi connectivity index (χ4v) is 1.85. The summed E-state index contributed by atoms with van der Waals surface area (Å²) in [5, 5.41) is 2.22. The SMILES string of the molecule is CNN(c1ncccn1)c1c(Cl)cccc1OC. The molecule has 1 aromatic carbocycles. The van der Waals surface area contributed by atoms with E-state index in [1.165, 1.54) is 0 Å². The number of nitrogens with one attached hydrogen (secondary N) is 1. The highest BCUT2D eigenvalue weighted by atomic mass is 35.5. The van der Waals surface area contributed by atoms with Crippen molar-refractivity contribution in [2.24, 2.45) is 0 Å². The molecule has 0 fully saturated rings. The van der Waals surface area contributed by atoms with Crippen molar-refractivity contribution in [3.63, 3.8) is 0 Å². The number of hydrazine groups is 1. The second-order valence-electron chi connectivity index (χ2n) is 3.40. The lowest BCUT2D eigenvalue weighted by Gasteiger charge is -2.23. The lowest BCUT2D eigenvalue weighted by atomic mass is 10.3. The molecule has 1 heterocycles. The van der Waals surface area contributed by atoms with Crippen molar-refractivity contribution in [1.29, 1.82) is 0 Å². The average molecular weight is 265 g/mol. The molecule has 0 saturated carbocycles. The molecule has 0 radical (unpaired) electrons. The van der Waals surface area contributed by atoms with E-state index in [4.69, 9.17) is 16.3 Å². The van der Waals surface area contributed by atoms with E-state index in [1.54, 1.807) is 43.7 Å². The van der Waals surface area contributed by atoms with Gasteiger partial charge < -0.3 is 4.74 Å². The standard InChI is InChI=1S/C12H13ClN4O/c1-14-17(12-15-7-4-8-16-12)11-9(13)5-3-6-10(11)18-2/h3-8,14H,1-2H3. The van der Waals surface area contributed by atoms with E-state index in [0.717, 1.165) is 0 Å². The number of anilines is 2. The number of para-hydroxylation sites is 1. The van der Waals surface area contributed by atoms with Gasteiger partial charge in [-0.05, 0) is 18.2 Å². The molecule has 0 bridgehead atoms. The Morgan fingerprint density at radius 1 is 1.22 bits per heavy atom. The van der Waals surface area contributed by atoms with Gasteiger partial charge in [0.1, 0.15) is 11.4 Å². The summed E-state index contributed by atoms with van der Waals surface area (Å²) < 4.78 is 5.31. The van der Waals surface area contributed by atoms with Crippen molar-refractivity contribution in [2.45, 2.75) is 0 Å². The predicted molar refractivity (Wildman–Crippen MR) is 71.2 cm³/mol. The van der Waals surface area contributed by atoms with Gasteiger partial charge in [0.2, 0.25) is 5.95 Å². The van der Waals surface area contributed by atoms with Gasteiger partial charge in [-0.3, -0.25) is 0 Å². The van der Waals surface area contributed by atoms with Crippen molar-refractivity contribution < 1.29 is 4.74 Å². The van der Waals surface area contributed by atoms with Gasteiger partial charge in [-0.25, -0.2) is 20.4 Å². The molecule has 0 amide bonds. The first-order valence-corrected chi connectivity index (χ1v) is 5.72. The zero-order valence-corrected chi connectivity index (χ0v) is 10.8. The van der Waals surface area contributed by atoms with Crippen molar-refractivity contribution in [3.8, 4) is 5.75 Å². The molecule has 0 spiro atoms. The van der Waals surface area contributed by atoms with Crippen LogP contribution < -0.4 is 15.2 Å². The first-order valence-electron chi connectivity index (χ1n) is 5.35. The first kappa shape index (κ1) is 12.6. The van der Waals surface area contributed by atoms with Crippen LogP contribution in [0.15, 0.2) is 36.7 Å². The van der Waals surface area contributed by atoms with Crippen LogP contribution in [0.25, 0.3) is 0 Å². The molecule has 2 rings (SSSR count). The topological polar surface area (TPSA) is 50.3 Å². The Morgan fingerprint density at radius 3 is 2.56 bits per heavy atom. The maximum absolute atomic E-state index is 6.21. The molecule has 94 valence electrons. The van der Waals surface area contributed by atoms with E-state index in [0.29, 0.717) is 22.4 Å². The summed E-state index contributed by atoms with van der Waals surface area (Å²) in [4.78, 5) is 8.36. The van der Waals surface area contributed by atoms with Gasteiger partial charge in [-0.2, -0.15) is 0 Å². The normalized spacial score (nSPS) is 10.2. The number of methoxy groups -OCH3 is 1. The fraction of sp³-hybridized carbons (Fsp3) is 0.167. The summed E-state index contributed by atoms with van der Waals surface area (Å²) >= 11 is 6.21. The number of halogens is 1. The second kappa shape index (κ2) is 5.66. The third kappa shape index (κ3) is 2.37. The zero-order chi connectivity index (χ0) is 13.0. The Hall–Kier alpha value is -1.85. The summed E-state index contributed by atoms with van der Waals surface area (Å²) in [6.45, 7) is 0. The monoisotopic (exact) mass is 264 g/mol. The average Bonchev–Trinajstić information content (AvgIpc) is 2.42. The molecule has 1 aromatic heterocycles. The number of aromatic nitrogens is 2. The van der Waals surface area contributed by atoms with E-state index in [1.807, 2.05) is 12.1 Å². The van der Waals surface area contributed by atoms with Gasteiger partial charge >= 0.3 is 0 Å². The van der Waals surface area contributed by atoms with Crippen LogP contribution in [0.1, 0.15) is 0 Å². The molecule has 0 atom stereocenters. The van der Waals surface area contributed by atoms with E-state index in [9.17, 15) is 0 Å². The van der Waals surface area contributed by atoms with Gasteiger partial charge in [-0.15, -0.1) is 0 Å². The summed E-state index contributed by atoms with van der Waals surface area (Å²) in [7, 11) is 3.36. The van der Waals surface area contributed by atoms with Gasteiger partial charge in [0.05, 0.1) is 12.1 Å². The highest BCUT2D eigenvalue weighted by molar-refractivity contribution is 6.33. The molecule has 2 aromatic rings. The Bertz CT molecular complexity index is 521. The van der Waals surface area contributed by atoms with Gasteiger partial charge in [0.15, 0.2) is 0 Å². The lowest BCUT2D eigenvalue weighted by Crippen LogP contribution is -2.32. The molecule has 1 N–H and O–H groups in total. The Balaban J connectivity index is 2.52. The Labute approximate surface area is 110 Å². The number of hydrogen-bond donors (Lipinski definition) is 1. The predicted octanol–water partition coefficient (Wildman–Crippen LogP) is 2.41. The zero-order valence-electron chi connectivity index (χ0n) is 10.1. The molecule has 18 heavy (non-hydrogen) atoms. The number of hydrogen-bond acceptors (Lipinski definition) is 5. The highest BCUT2D eigenvalue weighted by Gasteiger charge is 2.18. The van der Waals surface area contributed by atoms with E-state index in [2.05, 4.69) is 15.4 Å². The summed E-state index contributed by atoms with van der Waals surface area (Å²) in [6.07, 6.45) is 3.33. The molecule has 6 heteroatoms. The van der Waals surface area contributed by atoms with E-state index >= 15 is 0 Å². The second-order valence-corrected chi connectivity index (χ2v) is 3.81. The molecule has 0 aliphatic heterocycles. The Morgan fingerprint density at radius 2 is 1.94 bits per heavy atom. The third-order valence-corrected chi connectivity index (χ3v) is 2.67. The fourth-order valence-electron chi connectivity index (χ4n) is 1.60. The summed E-state index contributed by atoms with van der Waals surface area (Å²) in [6, 6.07) is 7.19. The maximum atomic E-state index is 6.21. The number of benzene rings is 1. The molecular weight excluding hydrogens is 252 g/mol. The number of nitrogens with zero attached hydrogens (tertiary/aromatic N) is 3. The maximum Gasteiger partial charge on any atom is 0.244 e. The quantitative estimate of drug-likeness (QED) is 0.860. The molecule has 0 saturated heterocycles. The molecular formula is C12H13ClN4O.